The second-order valence-electron chi connectivity index (χ2n) is 7.08. The summed E-state index contributed by atoms with van der Waals surface area (Å²) in [6.07, 6.45) is 5.56. The second-order valence-corrected chi connectivity index (χ2v) is 9.25. The van der Waals surface area contributed by atoms with Crippen LogP contribution in [0.15, 0.2) is 24.3 Å². The van der Waals surface area contributed by atoms with Gasteiger partial charge in [0, 0.05) is 23.4 Å². The minimum absolute atomic E-state index is 0.0569. The molecule has 1 aliphatic rings. The Morgan fingerprint density at radius 2 is 1.93 bits per heavy atom. The Hall–Kier alpha value is -2.25. The molecule has 3 aromatic rings. The molecule has 1 N–H and O–H groups in total. The first-order valence-electron chi connectivity index (χ1n) is 10.1. The number of ether oxygens (including phenoxy) is 1. The van der Waals surface area contributed by atoms with Crippen molar-refractivity contribution in [3.05, 3.63) is 50.4 Å². The number of amides is 1. The Morgan fingerprint density at radius 3 is 2.69 bits per heavy atom. The topological polar surface area (TPSA) is 64.1 Å². The molecule has 5 nitrogen and oxygen atoms in total. The standard InChI is InChI=1S/C22H25N3O2S2/c1-3-27-16-10-8-15(9-11-16)22-24-14(2)20(29-22)21(26)23-13-12-19-25-17-6-4-5-7-18(17)28-19/h8-11H,3-7,12-13H2,1-2H3,(H,23,26). The van der Waals surface area contributed by atoms with E-state index in [1.165, 1.54) is 34.7 Å². The van der Waals surface area contributed by atoms with Gasteiger partial charge in [0.2, 0.25) is 0 Å². The quantitative estimate of drug-likeness (QED) is 0.587. The highest BCUT2D eigenvalue weighted by molar-refractivity contribution is 7.17. The van der Waals surface area contributed by atoms with E-state index in [-0.39, 0.29) is 5.91 Å². The predicted octanol–water partition coefficient (Wildman–Crippen LogP) is 4.83. The molecule has 1 aromatic carbocycles. The van der Waals surface area contributed by atoms with Gasteiger partial charge in [-0.25, -0.2) is 9.97 Å². The summed E-state index contributed by atoms with van der Waals surface area (Å²) in [6.45, 7) is 5.09. The lowest BCUT2D eigenvalue weighted by Crippen LogP contribution is -2.25. The first-order valence-corrected chi connectivity index (χ1v) is 11.7. The smallest absolute Gasteiger partial charge is 0.263 e. The Balaban J connectivity index is 1.36. The minimum atomic E-state index is -0.0569. The average Bonchev–Trinajstić information content (AvgIpc) is 3.32. The summed E-state index contributed by atoms with van der Waals surface area (Å²) in [5.74, 6) is 0.782. The number of thiazole rings is 2. The van der Waals surface area contributed by atoms with Crippen LogP contribution in [0.3, 0.4) is 0 Å². The van der Waals surface area contributed by atoms with Crippen molar-refractivity contribution in [1.82, 2.24) is 15.3 Å². The molecule has 0 atom stereocenters. The molecule has 0 aliphatic heterocycles. The van der Waals surface area contributed by atoms with E-state index in [9.17, 15) is 4.79 Å². The van der Waals surface area contributed by atoms with Crippen LogP contribution in [-0.2, 0) is 19.3 Å². The fraction of sp³-hybridized carbons (Fsp3) is 0.409. The summed E-state index contributed by atoms with van der Waals surface area (Å²) in [5, 5.41) is 5.02. The summed E-state index contributed by atoms with van der Waals surface area (Å²) in [4.78, 5) is 24.1. The molecule has 4 rings (SSSR count). The molecule has 0 bridgehead atoms. The third kappa shape index (κ3) is 4.67. The number of nitrogens with one attached hydrogen (secondary N) is 1. The molecule has 0 spiro atoms. The van der Waals surface area contributed by atoms with E-state index >= 15 is 0 Å². The summed E-state index contributed by atoms with van der Waals surface area (Å²) in [7, 11) is 0. The molecule has 2 heterocycles. The van der Waals surface area contributed by atoms with Gasteiger partial charge >= 0.3 is 0 Å². The minimum Gasteiger partial charge on any atom is -0.494 e. The third-order valence-electron chi connectivity index (χ3n) is 4.93. The molecule has 1 aliphatic carbocycles. The van der Waals surface area contributed by atoms with E-state index < -0.39 is 0 Å². The van der Waals surface area contributed by atoms with Gasteiger partial charge in [0.25, 0.3) is 5.91 Å². The van der Waals surface area contributed by atoms with Crippen molar-refractivity contribution in [1.29, 1.82) is 0 Å². The van der Waals surface area contributed by atoms with Crippen molar-refractivity contribution in [3.8, 4) is 16.3 Å². The second kappa shape index (κ2) is 9.05. The number of benzene rings is 1. The fourth-order valence-electron chi connectivity index (χ4n) is 3.47. The maximum absolute atomic E-state index is 12.7. The highest BCUT2D eigenvalue weighted by Crippen LogP contribution is 2.29. The number of fused-ring (bicyclic) bond motifs is 1. The van der Waals surface area contributed by atoms with Crippen LogP contribution in [0.1, 0.15) is 50.7 Å². The zero-order valence-corrected chi connectivity index (χ0v) is 18.4. The van der Waals surface area contributed by atoms with Gasteiger partial charge in [-0.15, -0.1) is 22.7 Å². The number of nitrogens with zero attached hydrogens (tertiary/aromatic N) is 2. The van der Waals surface area contributed by atoms with Crippen molar-refractivity contribution in [2.24, 2.45) is 0 Å². The van der Waals surface area contributed by atoms with E-state index in [0.29, 0.717) is 18.0 Å². The average molecular weight is 428 g/mol. The van der Waals surface area contributed by atoms with Crippen LogP contribution < -0.4 is 10.1 Å². The zero-order valence-electron chi connectivity index (χ0n) is 16.8. The van der Waals surface area contributed by atoms with E-state index in [1.807, 2.05) is 49.4 Å². The Bertz CT molecular complexity index is 969. The maximum atomic E-state index is 12.7. The maximum Gasteiger partial charge on any atom is 0.263 e. The van der Waals surface area contributed by atoms with Crippen LogP contribution in [0, 0.1) is 6.92 Å². The number of hydrogen-bond donors (Lipinski definition) is 1. The predicted molar refractivity (Wildman–Crippen MR) is 118 cm³/mol. The first kappa shape index (κ1) is 20.0. The number of aryl methyl sites for hydroxylation is 3. The molecule has 1 amide bonds. The normalized spacial score (nSPS) is 13.2. The van der Waals surface area contributed by atoms with Crippen molar-refractivity contribution < 1.29 is 9.53 Å². The van der Waals surface area contributed by atoms with E-state index in [1.54, 1.807) is 0 Å². The van der Waals surface area contributed by atoms with Gasteiger partial charge in [-0.3, -0.25) is 4.79 Å². The number of rotatable bonds is 7. The molecule has 0 saturated carbocycles. The molecule has 0 saturated heterocycles. The van der Waals surface area contributed by atoms with Crippen molar-refractivity contribution >= 4 is 28.6 Å². The van der Waals surface area contributed by atoms with Crippen molar-refractivity contribution in [2.75, 3.05) is 13.2 Å². The Morgan fingerprint density at radius 1 is 1.14 bits per heavy atom. The zero-order chi connectivity index (χ0) is 20.2. The lowest BCUT2D eigenvalue weighted by molar-refractivity contribution is 0.0957. The molecule has 0 radical (unpaired) electrons. The largest absolute Gasteiger partial charge is 0.494 e. The van der Waals surface area contributed by atoms with Gasteiger partial charge in [-0.1, -0.05) is 0 Å². The molecular formula is C22H25N3O2S2. The monoisotopic (exact) mass is 427 g/mol. The molecule has 152 valence electrons. The summed E-state index contributed by atoms with van der Waals surface area (Å²) < 4.78 is 5.49. The Labute approximate surface area is 179 Å². The molecule has 7 heteroatoms. The molecule has 2 aromatic heterocycles. The van der Waals surface area contributed by atoms with E-state index in [4.69, 9.17) is 9.72 Å². The van der Waals surface area contributed by atoms with Crippen molar-refractivity contribution in [3.63, 3.8) is 0 Å². The van der Waals surface area contributed by atoms with Gasteiger partial charge in [-0.2, -0.15) is 0 Å². The lowest BCUT2D eigenvalue weighted by Gasteiger charge is -2.06. The van der Waals surface area contributed by atoms with Crippen LogP contribution in [0.25, 0.3) is 10.6 Å². The Kier molecular flexibility index (Phi) is 6.25. The van der Waals surface area contributed by atoms with Crippen LogP contribution in [0.4, 0.5) is 0 Å². The fourth-order valence-corrected chi connectivity index (χ4v) is 5.61. The van der Waals surface area contributed by atoms with Gasteiger partial charge < -0.3 is 10.1 Å². The van der Waals surface area contributed by atoms with E-state index in [0.717, 1.165) is 46.3 Å². The van der Waals surface area contributed by atoms with E-state index in [2.05, 4.69) is 10.3 Å². The number of aromatic nitrogens is 2. The van der Waals surface area contributed by atoms with Crippen LogP contribution in [0.2, 0.25) is 0 Å². The SMILES string of the molecule is CCOc1ccc(-c2nc(C)c(C(=O)NCCc3nc4c(s3)CCCC4)s2)cc1. The van der Waals surface area contributed by atoms with Crippen LogP contribution in [0.5, 0.6) is 5.75 Å². The molecule has 0 unspecified atom stereocenters. The summed E-state index contributed by atoms with van der Waals surface area (Å²) >= 11 is 3.24. The highest BCUT2D eigenvalue weighted by atomic mass is 32.1. The molecule has 29 heavy (non-hydrogen) atoms. The van der Waals surface area contributed by atoms with Gasteiger partial charge in [0.15, 0.2) is 0 Å². The molecular weight excluding hydrogens is 402 g/mol. The summed E-state index contributed by atoms with van der Waals surface area (Å²) in [6, 6.07) is 7.83. The van der Waals surface area contributed by atoms with Crippen molar-refractivity contribution in [2.45, 2.75) is 46.0 Å². The van der Waals surface area contributed by atoms with Gasteiger partial charge in [0.1, 0.15) is 15.6 Å². The number of hydrogen-bond acceptors (Lipinski definition) is 6. The van der Waals surface area contributed by atoms with Crippen LogP contribution in [-0.4, -0.2) is 29.0 Å². The van der Waals surface area contributed by atoms with Gasteiger partial charge in [0.05, 0.1) is 23.0 Å². The first-order chi connectivity index (χ1) is 14.1. The summed E-state index contributed by atoms with van der Waals surface area (Å²) in [5.41, 5.74) is 3.04. The lowest BCUT2D eigenvalue weighted by atomic mass is 10.0. The van der Waals surface area contributed by atoms with Gasteiger partial charge in [-0.05, 0) is 63.8 Å². The highest BCUT2D eigenvalue weighted by Gasteiger charge is 2.17. The third-order valence-corrected chi connectivity index (χ3v) is 7.35. The number of carbonyl (C=O) groups excluding carboxylic acids is 1. The van der Waals surface area contributed by atoms with Crippen LogP contribution >= 0.6 is 22.7 Å². The number of carbonyl (C=O) groups is 1. The molecule has 0 fully saturated rings.